The first-order valence-corrected chi connectivity index (χ1v) is 7.74. The van der Waals surface area contributed by atoms with Gasteiger partial charge in [0.2, 0.25) is 5.91 Å². The lowest BCUT2D eigenvalue weighted by atomic mass is 10.2. The Morgan fingerprint density at radius 2 is 2.17 bits per heavy atom. The molecule has 0 atom stereocenters. The van der Waals surface area contributed by atoms with E-state index in [-0.39, 0.29) is 5.91 Å². The van der Waals surface area contributed by atoms with Crippen molar-refractivity contribution in [2.45, 2.75) is 32.1 Å². The number of unbranched alkanes of at least 4 members (excludes halogenated alkanes) is 1. The van der Waals surface area contributed by atoms with E-state index in [0.29, 0.717) is 6.42 Å². The molecule has 0 bridgehead atoms. The minimum absolute atomic E-state index is 0.152. The number of hydrogen-bond acceptors (Lipinski definition) is 3. The molecule has 3 nitrogen and oxygen atoms in total. The van der Waals surface area contributed by atoms with Crippen LogP contribution in [-0.4, -0.2) is 37.0 Å². The van der Waals surface area contributed by atoms with Gasteiger partial charge in [-0.15, -0.1) is 11.3 Å². The maximum Gasteiger partial charge on any atom is 0.225 e. The molecule has 0 unspecified atom stereocenters. The first-order valence-electron chi connectivity index (χ1n) is 6.86. The molecule has 1 N–H and O–H groups in total. The quantitative estimate of drug-likeness (QED) is 0.768. The molecule has 18 heavy (non-hydrogen) atoms. The third-order valence-electron chi connectivity index (χ3n) is 3.34. The Hall–Kier alpha value is -0.870. The Balaban J connectivity index is 1.48. The monoisotopic (exact) mass is 266 g/mol. The number of nitrogens with one attached hydrogen (secondary N) is 1. The number of carbonyl (C=O) groups excluding carboxylic acids is 1. The molecule has 1 aliphatic rings. The Morgan fingerprint density at radius 3 is 2.89 bits per heavy atom. The highest BCUT2D eigenvalue weighted by molar-refractivity contribution is 7.10. The van der Waals surface area contributed by atoms with Gasteiger partial charge in [0, 0.05) is 11.4 Å². The predicted octanol–water partition coefficient (Wildman–Crippen LogP) is 2.28. The number of amides is 1. The molecule has 1 fully saturated rings. The summed E-state index contributed by atoms with van der Waals surface area (Å²) in [5, 5.41) is 5.01. The number of thiophene rings is 1. The van der Waals surface area contributed by atoms with E-state index in [0.717, 1.165) is 17.8 Å². The fourth-order valence-electron chi connectivity index (χ4n) is 2.33. The molecule has 4 heteroatoms. The molecule has 1 aromatic heterocycles. The molecule has 1 aromatic rings. The van der Waals surface area contributed by atoms with Crippen molar-refractivity contribution >= 4 is 17.2 Å². The van der Waals surface area contributed by atoms with Gasteiger partial charge in [-0.3, -0.25) is 4.79 Å². The molecule has 1 saturated heterocycles. The average Bonchev–Trinajstić information content (AvgIpc) is 3.01. The Kier molecular flexibility index (Phi) is 5.68. The number of likely N-dealkylation sites (tertiary alicyclic amines) is 1. The lowest BCUT2D eigenvalue weighted by molar-refractivity contribution is -0.120. The highest BCUT2D eigenvalue weighted by atomic mass is 32.1. The molecule has 2 heterocycles. The van der Waals surface area contributed by atoms with Crippen molar-refractivity contribution in [2.24, 2.45) is 0 Å². The molecule has 0 aromatic carbocycles. The van der Waals surface area contributed by atoms with Crippen LogP contribution in [0.4, 0.5) is 0 Å². The van der Waals surface area contributed by atoms with Crippen LogP contribution in [0, 0.1) is 0 Å². The molecule has 100 valence electrons. The second-order valence-corrected chi connectivity index (χ2v) is 5.89. The summed E-state index contributed by atoms with van der Waals surface area (Å²) >= 11 is 1.64. The van der Waals surface area contributed by atoms with Gasteiger partial charge in [0.1, 0.15) is 0 Å². The largest absolute Gasteiger partial charge is 0.356 e. The highest BCUT2D eigenvalue weighted by Crippen LogP contribution is 2.09. The van der Waals surface area contributed by atoms with Crippen LogP contribution in [0.5, 0.6) is 0 Å². The number of nitrogens with zero attached hydrogens (tertiary/aromatic N) is 1. The van der Waals surface area contributed by atoms with Crippen LogP contribution in [0.2, 0.25) is 0 Å². The van der Waals surface area contributed by atoms with Crippen LogP contribution >= 0.6 is 11.3 Å². The molecule has 0 radical (unpaired) electrons. The van der Waals surface area contributed by atoms with Gasteiger partial charge in [-0.25, -0.2) is 0 Å². The lowest BCUT2D eigenvalue weighted by Crippen LogP contribution is -2.27. The van der Waals surface area contributed by atoms with Gasteiger partial charge in [0.15, 0.2) is 0 Å². The van der Waals surface area contributed by atoms with Crippen LogP contribution in [0.15, 0.2) is 17.5 Å². The van der Waals surface area contributed by atoms with Gasteiger partial charge < -0.3 is 10.2 Å². The first kappa shape index (κ1) is 13.6. The van der Waals surface area contributed by atoms with Crippen molar-refractivity contribution in [2.75, 3.05) is 26.2 Å². The van der Waals surface area contributed by atoms with Gasteiger partial charge in [-0.2, -0.15) is 0 Å². The van der Waals surface area contributed by atoms with Crippen LogP contribution in [-0.2, 0) is 11.2 Å². The highest BCUT2D eigenvalue weighted by Gasteiger charge is 2.10. The second-order valence-electron chi connectivity index (χ2n) is 4.86. The summed E-state index contributed by atoms with van der Waals surface area (Å²) in [6, 6.07) is 4.00. The lowest BCUT2D eigenvalue weighted by Gasteiger charge is -2.13. The van der Waals surface area contributed by atoms with Crippen molar-refractivity contribution in [3.8, 4) is 0 Å². The zero-order chi connectivity index (χ0) is 12.6. The summed E-state index contributed by atoms with van der Waals surface area (Å²) < 4.78 is 0. The maximum atomic E-state index is 11.6. The number of rotatable bonds is 7. The summed E-state index contributed by atoms with van der Waals surface area (Å²) in [6.07, 6.45) is 5.53. The van der Waals surface area contributed by atoms with Crippen LogP contribution in [0.3, 0.4) is 0 Å². The summed E-state index contributed by atoms with van der Waals surface area (Å²) in [4.78, 5) is 15.3. The molecular formula is C14H22N2OS. The van der Waals surface area contributed by atoms with E-state index in [1.807, 2.05) is 17.5 Å². The van der Waals surface area contributed by atoms with Gasteiger partial charge in [-0.1, -0.05) is 6.07 Å². The summed E-state index contributed by atoms with van der Waals surface area (Å²) in [7, 11) is 0. The third-order valence-corrected chi connectivity index (χ3v) is 4.21. The van der Waals surface area contributed by atoms with E-state index in [9.17, 15) is 4.79 Å². The predicted molar refractivity (Wildman–Crippen MR) is 75.9 cm³/mol. The van der Waals surface area contributed by atoms with E-state index in [1.165, 1.54) is 38.9 Å². The zero-order valence-electron chi connectivity index (χ0n) is 10.9. The van der Waals surface area contributed by atoms with Gasteiger partial charge in [0.05, 0.1) is 6.42 Å². The smallest absolute Gasteiger partial charge is 0.225 e. The Bertz CT molecular complexity index is 345. The van der Waals surface area contributed by atoms with Crippen molar-refractivity contribution in [1.29, 1.82) is 0 Å². The molecule has 2 rings (SSSR count). The molecular weight excluding hydrogens is 244 g/mol. The third kappa shape index (κ3) is 4.78. The molecule has 1 aliphatic heterocycles. The fourth-order valence-corrected chi connectivity index (χ4v) is 3.03. The van der Waals surface area contributed by atoms with Gasteiger partial charge in [-0.05, 0) is 56.8 Å². The summed E-state index contributed by atoms with van der Waals surface area (Å²) in [6.45, 7) is 4.55. The normalized spacial score (nSPS) is 16.0. The van der Waals surface area contributed by atoms with E-state index >= 15 is 0 Å². The topological polar surface area (TPSA) is 32.3 Å². The Morgan fingerprint density at radius 1 is 1.33 bits per heavy atom. The van der Waals surface area contributed by atoms with Crippen LogP contribution < -0.4 is 5.32 Å². The van der Waals surface area contributed by atoms with Crippen molar-refractivity contribution in [3.05, 3.63) is 22.4 Å². The standard InChI is InChI=1S/C14H22N2OS/c17-14(12-13-6-5-11-18-13)15-7-1-2-8-16-9-3-4-10-16/h5-6,11H,1-4,7-10,12H2,(H,15,17). The molecule has 0 spiro atoms. The minimum Gasteiger partial charge on any atom is -0.356 e. The summed E-state index contributed by atoms with van der Waals surface area (Å²) in [5.41, 5.74) is 0. The summed E-state index contributed by atoms with van der Waals surface area (Å²) in [5.74, 6) is 0.152. The molecule has 0 saturated carbocycles. The van der Waals surface area contributed by atoms with Gasteiger partial charge >= 0.3 is 0 Å². The van der Waals surface area contributed by atoms with Crippen LogP contribution in [0.1, 0.15) is 30.6 Å². The van der Waals surface area contributed by atoms with E-state index in [4.69, 9.17) is 0 Å². The minimum atomic E-state index is 0.152. The SMILES string of the molecule is O=C(Cc1cccs1)NCCCCN1CCCC1. The second kappa shape index (κ2) is 7.54. The zero-order valence-corrected chi connectivity index (χ0v) is 11.7. The van der Waals surface area contributed by atoms with Crippen molar-refractivity contribution in [1.82, 2.24) is 10.2 Å². The molecule has 1 amide bonds. The van der Waals surface area contributed by atoms with Crippen LogP contribution in [0.25, 0.3) is 0 Å². The van der Waals surface area contributed by atoms with Crippen molar-refractivity contribution in [3.63, 3.8) is 0 Å². The van der Waals surface area contributed by atoms with E-state index in [1.54, 1.807) is 11.3 Å². The van der Waals surface area contributed by atoms with Crippen molar-refractivity contribution < 1.29 is 4.79 Å². The molecule has 0 aliphatic carbocycles. The number of hydrogen-bond donors (Lipinski definition) is 1. The first-order chi connectivity index (χ1) is 8.84. The van der Waals surface area contributed by atoms with E-state index < -0.39 is 0 Å². The Labute approximate surface area is 113 Å². The number of carbonyl (C=O) groups is 1. The fraction of sp³-hybridized carbons (Fsp3) is 0.643. The van der Waals surface area contributed by atoms with E-state index in [2.05, 4.69) is 10.2 Å². The van der Waals surface area contributed by atoms with Gasteiger partial charge in [0.25, 0.3) is 0 Å². The average molecular weight is 266 g/mol. The maximum absolute atomic E-state index is 11.6.